The quantitative estimate of drug-likeness (QED) is 0.917. The molecular weight excluding hydrogens is 248 g/mol. The number of para-hydroxylation sites is 1. The van der Waals surface area contributed by atoms with Crippen molar-refractivity contribution in [2.75, 3.05) is 20.2 Å². The fourth-order valence-electron chi connectivity index (χ4n) is 4.22. The fraction of sp³-hybridized carbons (Fsp3) is 0.647. The Balaban J connectivity index is 1.86. The van der Waals surface area contributed by atoms with E-state index in [1.54, 1.807) is 7.11 Å². The van der Waals surface area contributed by atoms with E-state index in [2.05, 4.69) is 24.0 Å². The maximum absolute atomic E-state index is 6.33. The third-order valence-electron chi connectivity index (χ3n) is 5.10. The Morgan fingerprint density at radius 2 is 1.85 bits per heavy atom. The SMILES string of the molecule is COc1ccccc1C(C(C)N)N1CC2CCCC2C1. The summed E-state index contributed by atoms with van der Waals surface area (Å²) < 4.78 is 5.55. The van der Waals surface area contributed by atoms with E-state index < -0.39 is 0 Å². The first-order valence-corrected chi connectivity index (χ1v) is 7.83. The van der Waals surface area contributed by atoms with Crippen LogP contribution in [0, 0.1) is 11.8 Å². The summed E-state index contributed by atoms with van der Waals surface area (Å²) in [7, 11) is 1.75. The van der Waals surface area contributed by atoms with Crippen LogP contribution < -0.4 is 10.5 Å². The van der Waals surface area contributed by atoms with E-state index in [1.807, 2.05) is 12.1 Å². The Bertz CT molecular complexity index is 448. The summed E-state index contributed by atoms with van der Waals surface area (Å²) in [4.78, 5) is 2.59. The molecule has 2 fully saturated rings. The van der Waals surface area contributed by atoms with Gasteiger partial charge in [-0.1, -0.05) is 24.6 Å². The van der Waals surface area contributed by atoms with Crippen LogP contribution in [0.2, 0.25) is 0 Å². The van der Waals surface area contributed by atoms with Crippen molar-refractivity contribution >= 4 is 0 Å². The largest absolute Gasteiger partial charge is 0.496 e. The first-order valence-electron chi connectivity index (χ1n) is 7.83. The molecule has 4 unspecified atom stereocenters. The topological polar surface area (TPSA) is 38.5 Å². The summed E-state index contributed by atoms with van der Waals surface area (Å²) in [5, 5.41) is 0. The van der Waals surface area contributed by atoms with Crippen LogP contribution in [-0.4, -0.2) is 31.1 Å². The van der Waals surface area contributed by atoms with Crippen molar-refractivity contribution in [3.63, 3.8) is 0 Å². The Morgan fingerprint density at radius 1 is 1.20 bits per heavy atom. The zero-order chi connectivity index (χ0) is 14.1. The number of hydrogen-bond acceptors (Lipinski definition) is 3. The van der Waals surface area contributed by atoms with Gasteiger partial charge in [0, 0.05) is 24.7 Å². The smallest absolute Gasteiger partial charge is 0.123 e. The van der Waals surface area contributed by atoms with E-state index in [0.29, 0.717) is 0 Å². The van der Waals surface area contributed by atoms with E-state index in [-0.39, 0.29) is 12.1 Å². The van der Waals surface area contributed by atoms with Crippen molar-refractivity contribution < 1.29 is 4.74 Å². The van der Waals surface area contributed by atoms with Crippen LogP contribution in [0.3, 0.4) is 0 Å². The van der Waals surface area contributed by atoms with Crippen LogP contribution in [0.25, 0.3) is 0 Å². The van der Waals surface area contributed by atoms with Gasteiger partial charge < -0.3 is 10.5 Å². The van der Waals surface area contributed by atoms with Crippen LogP contribution in [-0.2, 0) is 0 Å². The Hall–Kier alpha value is -1.06. The molecule has 3 rings (SSSR count). The molecule has 4 atom stereocenters. The van der Waals surface area contributed by atoms with Crippen molar-refractivity contribution in [2.24, 2.45) is 17.6 Å². The number of rotatable bonds is 4. The molecule has 1 heterocycles. The number of methoxy groups -OCH3 is 1. The molecule has 2 N–H and O–H groups in total. The van der Waals surface area contributed by atoms with Crippen LogP contribution in [0.4, 0.5) is 0 Å². The number of hydrogen-bond donors (Lipinski definition) is 1. The summed E-state index contributed by atoms with van der Waals surface area (Å²) in [6.07, 6.45) is 4.22. The van der Waals surface area contributed by atoms with Gasteiger partial charge in [0.2, 0.25) is 0 Å². The molecule has 1 saturated heterocycles. The van der Waals surface area contributed by atoms with Gasteiger partial charge in [0.15, 0.2) is 0 Å². The third kappa shape index (κ3) is 2.45. The molecule has 0 amide bonds. The van der Waals surface area contributed by atoms with Gasteiger partial charge in [-0.25, -0.2) is 0 Å². The van der Waals surface area contributed by atoms with E-state index in [1.165, 1.54) is 37.9 Å². The lowest BCUT2D eigenvalue weighted by Crippen LogP contribution is -2.39. The average Bonchev–Trinajstić information content (AvgIpc) is 3.00. The minimum Gasteiger partial charge on any atom is -0.496 e. The van der Waals surface area contributed by atoms with Crippen molar-refractivity contribution in [1.29, 1.82) is 0 Å². The molecule has 3 nitrogen and oxygen atoms in total. The van der Waals surface area contributed by atoms with Gasteiger partial charge in [-0.2, -0.15) is 0 Å². The van der Waals surface area contributed by atoms with E-state index in [9.17, 15) is 0 Å². The monoisotopic (exact) mass is 274 g/mol. The molecule has 1 aromatic rings. The van der Waals surface area contributed by atoms with Gasteiger partial charge in [-0.15, -0.1) is 0 Å². The van der Waals surface area contributed by atoms with Gasteiger partial charge in [0.25, 0.3) is 0 Å². The Labute approximate surface area is 122 Å². The summed E-state index contributed by atoms with van der Waals surface area (Å²) in [6, 6.07) is 8.72. The van der Waals surface area contributed by atoms with Crippen molar-refractivity contribution in [1.82, 2.24) is 4.90 Å². The van der Waals surface area contributed by atoms with Gasteiger partial charge in [0.05, 0.1) is 13.2 Å². The van der Waals surface area contributed by atoms with Gasteiger partial charge in [-0.05, 0) is 37.7 Å². The summed E-state index contributed by atoms with van der Waals surface area (Å²) >= 11 is 0. The number of nitrogens with two attached hydrogens (primary N) is 1. The second-order valence-corrected chi connectivity index (χ2v) is 6.45. The maximum Gasteiger partial charge on any atom is 0.123 e. The molecule has 2 aliphatic rings. The lowest BCUT2D eigenvalue weighted by molar-refractivity contribution is 0.198. The van der Waals surface area contributed by atoms with Gasteiger partial charge in [-0.3, -0.25) is 4.90 Å². The highest BCUT2D eigenvalue weighted by atomic mass is 16.5. The maximum atomic E-state index is 6.33. The molecule has 0 aromatic heterocycles. The molecule has 110 valence electrons. The fourth-order valence-corrected chi connectivity index (χ4v) is 4.22. The number of nitrogens with zero attached hydrogens (tertiary/aromatic N) is 1. The summed E-state index contributed by atoms with van der Waals surface area (Å²) in [6.45, 7) is 4.52. The van der Waals surface area contributed by atoms with E-state index >= 15 is 0 Å². The molecule has 0 spiro atoms. The lowest BCUT2D eigenvalue weighted by Gasteiger charge is -2.32. The van der Waals surface area contributed by atoms with E-state index in [4.69, 9.17) is 10.5 Å². The van der Waals surface area contributed by atoms with Crippen LogP contribution in [0.15, 0.2) is 24.3 Å². The van der Waals surface area contributed by atoms with Gasteiger partial charge in [0.1, 0.15) is 5.75 Å². The number of likely N-dealkylation sites (tertiary alicyclic amines) is 1. The second kappa shape index (κ2) is 5.74. The number of benzene rings is 1. The normalized spacial score (nSPS) is 29.1. The zero-order valence-electron chi connectivity index (χ0n) is 12.6. The molecule has 0 bridgehead atoms. The second-order valence-electron chi connectivity index (χ2n) is 6.45. The molecule has 0 radical (unpaired) electrons. The molecule has 1 aliphatic carbocycles. The Morgan fingerprint density at radius 3 is 2.45 bits per heavy atom. The summed E-state index contributed by atoms with van der Waals surface area (Å²) in [5.41, 5.74) is 7.57. The Kier molecular flexibility index (Phi) is 3.99. The van der Waals surface area contributed by atoms with Gasteiger partial charge >= 0.3 is 0 Å². The van der Waals surface area contributed by atoms with Crippen molar-refractivity contribution in [2.45, 2.75) is 38.3 Å². The zero-order valence-corrected chi connectivity index (χ0v) is 12.6. The standard InChI is InChI=1S/C17H26N2O/c1-12(18)17(15-8-3-4-9-16(15)20-2)19-10-13-6-5-7-14(13)11-19/h3-4,8-9,12-14,17H,5-7,10-11,18H2,1-2H3. The van der Waals surface area contributed by atoms with Crippen LogP contribution in [0.5, 0.6) is 5.75 Å². The van der Waals surface area contributed by atoms with Crippen molar-refractivity contribution in [3.8, 4) is 5.75 Å². The molecule has 1 saturated carbocycles. The van der Waals surface area contributed by atoms with E-state index in [0.717, 1.165) is 17.6 Å². The highest BCUT2D eigenvalue weighted by Gasteiger charge is 2.40. The van der Waals surface area contributed by atoms with Crippen molar-refractivity contribution in [3.05, 3.63) is 29.8 Å². The average molecular weight is 274 g/mol. The third-order valence-corrected chi connectivity index (χ3v) is 5.10. The molecule has 1 aliphatic heterocycles. The molecule has 20 heavy (non-hydrogen) atoms. The molecule has 1 aromatic carbocycles. The highest BCUT2D eigenvalue weighted by molar-refractivity contribution is 5.37. The highest BCUT2D eigenvalue weighted by Crippen LogP contribution is 2.42. The first-order chi connectivity index (χ1) is 9.70. The predicted molar refractivity (Wildman–Crippen MR) is 81.8 cm³/mol. The minimum atomic E-state index is 0.116. The molecular formula is C17H26N2O. The minimum absolute atomic E-state index is 0.116. The number of fused-ring (bicyclic) bond motifs is 1. The lowest BCUT2D eigenvalue weighted by atomic mass is 9.98. The summed E-state index contributed by atoms with van der Waals surface area (Å²) in [5.74, 6) is 2.75. The molecule has 3 heteroatoms. The first kappa shape index (κ1) is 13.9. The number of ether oxygens (including phenoxy) is 1. The van der Waals surface area contributed by atoms with Crippen LogP contribution >= 0.6 is 0 Å². The van der Waals surface area contributed by atoms with Crippen LogP contribution in [0.1, 0.15) is 37.8 Å². The predicted octanol–water partition coefficient (Wildman–Crippen LogP) is 2.82.